The maximum absolute atomic E-state index is 11.7. The molecule has 0 aliphatic heterocycles. The second-order valence-corrected chi connectivity index (χ2v) is 7.04. The summed E-state index contributed by atoms with van der Waals surface area (Å²) < 4.78 is 3.12. The van der Waals surface area contributed by atoms with Gasteiger partial charge in [0.2, 0.25) is 0 Å². The van der Waals surface area contributed by atoms with E-state index >= 15 is 0 Å². The van der Waals surface area contributed by atoms with Crippen molar-refractivity contribution < 1.29 is 9.59 Å². The molecule has 0 fully saturated rings. The first-order chi connectivity index (χ1) is 12.3. The van der Waals surface area contributed by atoms with Crippen LogP contribution in [0.15, 0.2) is 39.9 Å². The largest absolute Gasteiger partial charge is 0.345 e. The number of benzene rings is 1. The van der Waals surface area contributed by atoms with Crippen molar-refractivity contribution in [2.24, 2.45) is 5.10 Å². The van der Waals surface area contributed by atoms with Gasteiger partial charge in [-0.3, -0.25) is 9.59 Å². The molecule has 1 aromatic carbocycles. The first-order valence-corrected chi connectivity index (χ1v) is 9.21. The van der Waals surface area contributed by atoms with Crippen molar-refractivity contribution in [1.29, 1.82) is 0 Å². The van der Waals surface area contributed by atoms with Gasteiger partial charge in [0.25, 0.3) is 0 Å². The van der Waals surface area contributed by atoms with E-state index in [1.165, 1.54) is 0 Å². The number of carbonyl (C=O) groups is 2. The Hall–Kier alpha value is -2.41. The number of aromatic nitrogens is 1. The Labute approximate surface area is 161 Å². The first-order valence-electron chi connectivity index (χ1n) is 8.42. The van der Waals surface area contributed by atoms with Crippen LogP contribution in [0.3, 0.4) is 0 Å². The fourth-order valence-electron chi connectivity index (χ4n) is 2.51. The summed E-state index contributed by atoms with van der Waals surface area (Å²) in [5.74, 6) is -1.46. The van der Waals surface area contributed by atoms with E-state index < -0.39 is 11.8 Å². The Morgan fingerprint density at radius 2 is 1.88 bits per heavy atom. The minimum absolute atomic E-state index is 0.0536. The van der Waals surface area contributed by atoms with Crippen molar-refractivity contribution in [1.82, 2.24) is 15.3 Å². The lowest BCUT2D eigenvalue weighted by molar-refractivity contribution is -0.139. The van der Waals surface area contributed by atoms with Gasteiger partial charge in [0.15, 0.2) is 0 Å². The third-order valence-electron chi connectivity index (χ3n) is 4.12. The maximum Gasteiger partial charge on any atom is 0.329 e. The summed E-state index contributed by atoms with van der Waals surface area (Å²) in [7, 11) is 0. The number of carbonyl (C=O) groups excluding carboxylic acids is 2. The average Bonchev–Trinajstić information content (AvgIpc) is 2.89. The van der Waals surface area contributed by atoms with Gasteiger partial charge in [0.1, 0.15) is 0 Å². The van der Waals surface area contributed by atoms with Crippen LogP contribution < -0.4 is 10.7 Å². The Bertz CT molecular complexity index is 825. The lowest BCUT2D eigenvalue weighted by Gasteiger charge is -2.10. The second kappa shape index (κ2) is 8.80. The van der Waals surface area contributed by atoms with Crippen LogP contribution >= 0.6 is 15.9 Å². The predicted octanol–water partition coefficient (Wildman–Crippen LogP) is 3.22. The smallest absolute Gasteiger partial charge is 0.329 e. The van der Waals surface area contributed by atoms with E-state index in [1.54, 1.807) is 6.21 Å². The van der Waals surface area contributed by atoms with Crippen molar-refractivity contribution in [2.75, 3.05) is 0 Å². The normalized spacial score (nSPS) is 12.2. The molecule has 2 aromatic rings. The summed E-state index contributed by atoms with van der Waals surface area (Å²) in [6, 6.07) is 9.93. The molecule has 0 aliphatic carbocycles. The quantitative estimate of drug-likeness (QED) is 0.444. The SMILES string of the molecule is CC[C@@H](C)NC(=O)C(=O)N/N=C\c1cc(C)n(-c2ccc(Br)cc2)c1C. The molecule has 0 aliphatic rings. The van der Waals surface area contributed by atoms with Crippen molar-refractivity contribution in [3.63, 3.8) is 0 Å². The Morgan fingerprint density at radius 3 is 2.50 bits per heavy atom. The van der Waals surface area contributed by atoms with Crippen LogP contribution in [0.25, 0.3) is 5.69 Å². The van der Waals surface area contributed by atoms with Gasteiger partial charge in [-0.1, -0.05) is 22.9 Å². The minimum Gasteiger partial charge on any atom is -0.345 e. The molecular formula is C19H23BrN4O2. The van der Waals surface area contributed by atoms with Gasteiger partial charge >= 0.3 is 11.8 Å². The molecule has 138 valence electrons. The van der Waals surface area contributed by atoms with E-state index in [4.69, 9.17) is 0 Å². The summed E-state index contributed by atoms with van der Waals surface area (Å²) in [6.07, 6.45) is 2.30. The number of rotatable bonds is 5. The van der Waals surface area contributed by atoms with Crippen LogP contribution in [0, 0.1) is 13.8 Å². The molecule has 0 spiro atoms. The number of halogens is 1. The summed E-state index contributed by atoms with van der Waals surface area (Å²) in [5.41, 5.74) is 6.22. The average molecular weight is 419 g/mol. The molecule has 1 atom stereocenters. The van der Waals surface area contributed by atoms with Crippen LogP contribution in [0.5, 0.6) is 0 Å². The summed E-state index contributed by atoms with van der Waals surface area (Å²) in [4.78, 5) is 23.4. The van der Waals surface area contributed by atoms with Gasteiger partial charge in [0.05, 0.1) is 6.21 Å². The van der Waals surface area contributed by atoms with Crippen molar-refractivity contribution in [3.8, 4) is 5.69 Å². The monoisotopic (exact) mass is 418 g/mol. The molecule has 6 nitrogen and oxygen atoms in total. The minimum atomic E-state index is -0.775. The second-order valence-electron chi connectivity index (χ2n) is 6.12. The van der Waals surface area contributed by atoms with E-state index in [0.29, 0.717) is 0 Å². The van der Waals surface area contributed by atoms with Crippen LogP contribution in [0.4, 0.5) is 0 Å². The van der Waals surface area contributed by atoms with Crippen molar-refractivity contribution in [3.05, 3.63) is 51.8 Å². The lowest BCUT2D eigenvalue weighted by Crippen LogP contribution is -2.41. The first kappa shape index (κ1) is 19.9. The third kappa shape index (κ3) is 4.82. The zero-order valence-corrected chi connectivity index (χ0v) is 16.9. The highest BCUT2D eigenvalue weighted by atomic mass is 79.9. The molecule has 2 amide bonds. The molecule has 0 unspecified atom stereocenters. The van der Waals surface area contributed by atoms with Gasteiger partial charge in [-0.05, 0) is 57.5 Å². The predicted molar refractivity (Wildman–Crippen MR) is 107 cm³/mol. The number of nitrogens with zero attached hydrogens (tertiary/aromatic N) is 2. The fraction of sp³-hybridized carbons (Fsp3) is 0.316. The van der Waals surface area contributed by atoms with Crippen LogP contribution in [-0.2, 0) is 9.59 Å². The van der Waals surface area contributed by atoms with E-state index in [2.05, 4.69) is 36.3 Å². The number of hydrogen-bond donors (Lipinski definition) is 2. The highest BCUT2D eigenvalue weighted by Gasteiger charge is 2.14. The van der Waals surface area contributed by atoms with E-state index in [-0.39, 0.29) is 6.04 Å². The number of hydrogen-bond acceptors (Lipinski definition) is 3. The Kier molecular flexibility index (Phi) is 6.74. The van der Waals surface area contributed by atoms with Gasteiger partial charge in [-0.15, -0.1) is 0 Å². The van der Waals surface area contributed by atoms with Gasteiger partial charge in [-0.25, -0.2) is 5.43 Å². The molecule has 0 radical (unpaired) electrons. The zero-order valence-electron chi connectivity index (χ0n) is 15.3. The van der Waals surface area contributed by atoms with E-state index in [9.17, 15) is 9.59 Å². The Balaban J connectivity index is 2.10. The number of aryl methyl sites for hydroxylation is 1. The van der Waals surface area contributed by atoms with E-state index in [1.807, 2.05) is 58.0 Å². The van der Waals surface area contributed by atoms with Gasteiger partial charge in [-0.2, -0.15) is 5.10 Å². The molecule has 7 heteroatoms. The number of amides is 2. The fourth-order valence-corrected chi connectivity index (χ4v) is 2.77. The van der Waals surface area contributed by atoms with Crippen LogP contribution in [-0.4, -0.2) is 28.6 Å². The molecule has 2 rings (SSSR count). The topological polar surface area (TPSA) is 75.5 Å². The summed E-state index contributed by atoms with van der Waals surface area (Å²) >= 11 is 3.44. The lowest BCUT2D eigenvalue weighted by atomic mass is 10.2. The third-order valence-corrected chi connectivity index (χ3v) is 4.65. The molecule has 26 heavy (non-hydrogen) atoms. The van der Waals surface area contributed by atoms with Crippen LogP contribution in [0.2, 0.25) is 0 Å². The molecule has 0 bridgehead atoms. The van der Waals surface area contributed by atoms with Gasteiger partial charge < -0.3 is 9.88 Å². The highest BCUT2D eigenvalue weighted by Crippen LogP contribution is 2.21. The van der Waals surface area contributed by atoms with Gasteiger partial charge in [0, 0.05) is 33.2 Å². The Morgan fingerprint density at radius 1 is 1.23 bits per heavy atom. The maximum atomic E-state index is 11.7. The molecule has 0 saturated carbocycles. The number of hydrazone groups is 1. The standard InChI is InChI=1S/C19H23BrN4O2/c1-5-12(2)22-18(25)19(26)23-21-11-15-10-13(3)24(14(15)4)17-8-6-16(20)7-9-17/h6-12H,5H2,1-4H3,(H,22,25)(H,23,26)/b21-11-/t12-/m1/s1. The van der Waals surface area contributed by atoms with Crippen molar-refractivity contribution in [2.45, 2.75) is 40.2 Å². The summed E-state index contributed by atoms with van der Waals surface area (Å²) in [6.45, 7) is 7.76. The van der Waals surface area contributed by atoms with Crippen LogP contribution in [0.1, 0.15) is 37.2 Å². The molecule has 1 aromatic heterocycles. The number of nitrogens with one attached hydrogen (secondary N) is 2. The molecule has 2 N–H and O–H groups in total. The highest BCUT2D eigenvalue weighted by molar-refractivity contribution is 9.10. The summed E-state index contributed by atoms with van der Waals surface area (Å²) in [5, 5.41) is 6.51. The molecule has 0 saturated heterocycles. The van der Waals surface area contributed by atoms with Crippen molar-refractivity contribution >= 4 is 34.0 Å². The zero-order chi connectivity index (χ0) is 19.3. The van der Waals surface area contributed by atoms with E-state index in [0.717, 1.165) is 33.5 Å². The molecular weight excluding hydrogens is 396 g/mol. The molecule has 1 heterocycles.